The Kier molecular flexibility index (Phi) is 4.52. The molecule has 0 saturated carbocycles. The average molecular weight is 284 g/mol. The van der Waals surface area contributed by atoms with E-state index in [-0.39, 0.29) is 6.04 Å². The average Bonchev–Trinajstić information content (AvgIpc) is 2.84. The number of hydrogen-bond acceptors (Lipinski definition) is 5. The van der Waals surface area contributed by atoms with Crippen LogP contribution in [0.25, 0.3) is 0 Å². The van der Waals surface area contributed by atoms with Gasteiger partial charge < -0.3 is 10.1 Å². The molecule has 0 saturated heterocycles. The maximum atomic E-state index is 5.88. The van der Waals surface area contributed by atoms with Crippen molar-refractivity contribution in [2.45, 2.75) is 19.6 Å². The third kappa shape index (κ3) is 3.41. The molecule has 2 rings (SSSR count). The topological polar surface area (TPSA) is 47.0 Å². The van der Waals surface area contributed by atoms with Crippen LogP contribution in [-0.2, 0) is 6.61 Å². The summed E-state index contributed by atoms with van der Waals surface area (Å²) in [5.74, 6) is 0.737. The molecule has 0 radical (unpaired) electrons. The van der Waals surface area contributed by atoms with Gasteiger partial charge in [-0.1, -0.05) is 29.0 Å². The van der Waals surface area contributed by atoms with Gasteiger partial charge in [0, 0.05) is 5.02 Å². The Morgan fingerprint density at radius 3 is 3.00 bits per heavy atom. The van der Waals surface area contributed by atoms with Crippen LogP contribution in [0.5, 0.6) is 5.75 Å². The number of rotatable bonds is 5. The second-order valence-electron chi connectivity index (χ2n) is 3.79. The third-order valence-electron chi connectivity index (χ3n) is 2.44. The fraction of sp³-hybridized carbons (Fsp3) is 0.333. The quantitative estimate of drug-likeness (QED) is 0.916. The summed E-state index contributed by atoms with van der Waals surface area (Å²) in [5.41, 5.74) is 0. The molecule has 0 aliphatic carbocycles. The fourth-order valence-electron chi connectivity index (χ4n) is 1.33. The van der Waals surface area contributed by atoms with Gasteiger partial charge in [-0.15, -0.1) is 10.2 Å². The molecule has 6 heteroatoms. The highest BCUT2D eigenvalue weighted by Gasteiger charge is 2.10. The Labute approximate surface area is 115 Å². The number of nitrogens with one attached hydrogen (secondary N) is 1. The second kappa shape index (κ2) is 6.13. The molecule has 1 aromatic heterocycles. The van der Waals surface area contributed by atoms with Gasteiger partial charge in [-0.25, -0.2) is 0 Å². The molecule has 0 spiro atoms. The lowest BCUT2D eigenvalue weighted by Gasteiger charge is -2.04. The van der Waals surface area contributed by atoms with E-state index in [1.807, 2.05) is 32.2 Å². The van der Waals surface area contributed by atoms with Crippen LogP contribution < -0.4 is 10.1 Å². The van der Waals surface area contributed by atoms with Crippen LogP contribution in [0.3, 0.4) is 0 Å². The molecule has 0 aliphatic heterocycles. The largest absolute Gasteiger partial charge is 0.486 e. The third-order valence-corrected chi connectivity index (χ3v) is 3.76. The highest BCUT2D eigenvalue weighted by atomic mass is 35.5. The number of hydrogen-bond donors (Lipinski definition) is 1. The fourth-order valence-corrected chi connectivity index (χ4v) is 2.32. The molecule has 2 aromatic rings. The first kappa shape index (κ1) is 13.3. The molecule has 0 fully saturated rings. The van der Waals surface area contributed by atoms with Crippen molar-refractivity contribution in [2.24, 2.45) is 0 Å². The normalized spacial score (nSPS) is 12.4. The predicted molar refractivity (Wildman–Crippen MR) is 73.2 cm³/mol. The minimum Gasteiger partial charge on any atom is -0.486 e. The summed E-state index contributed by atoms with van der Waals surface area (Å²) in [4.78, 5) is 0. The first-order valence-electron chi connectivity index (χ1n) is 5.57. The zero-order chi connectivity index (χ0) is 13.0. The van der Waals surface area contributed by atoms with Gasteiger partial charge in [-0.2, -0.15) is 0 Å². The smallest absolute Gasteiger partial charge is 0.155 e. The van der Waals surface area contributed by atoms with E-state index in [4.69, 9.17) is 16.3 Å². The molecule has 0 bridgehead atoms. The van der Waals surface area contributed by atoms with E-state index in [2.05, 4.69) is 15.5 Å². The first-order chi connectivity index (χ1) is 8.69. The Morgan fingerprint density at radius 1 is 1.44 bits per heavy atom. The summed E-state index contributed by atoms with van der Waals surface area (Å²) in [6, 6.07) is 7.52. The molecule has 1 heterocycles. The number of halogens is 1. The van der Waals surface area contributed by atoms with Crippen LogP contribution in [0.4, 0.5) is 0 Å². The summed E-state index contributed by atoms with van der Waals surface area (Å²) in [5, 5.41) is 13.8. The van der Waals surface area contributed by atoms with Crippen molar-refractivity contribution in [1.29, 1.82) is 0 Å². The summed E-state index contributed by atoms with van der Waals surface area (Å²) >= 11 is 7.42. The summed E-state index contributed by atoms with van der Waals surface area (Å²) in [7, 11) is 1.90. The number of nitrogens with zero attached hydrogens (tertiary/aromatic N) is 2. The van der Waals surface area contributed by atoms with E-state index in [1.165, 1.54) is 0 Å². The SMILES string of the molecule is CNC(C)c1nnc(COc2cccc(Cl)c2)s1. The van der Waals surface area contributed by atoms with Crippen molar-refractivity contribution >= 4 is 22.9 Å². The van der Waals surface area contributed by atoms with Gasteiger partial charge in [0.15, 0.2) is 5.01 Å². The maximum Gasteiger partial charge on any atom is 0.155 e. The van der Waals surface area contributed by atoms with Gasteiger partial charge in [0.25, 0.3) is 0 Å². The van der Waals surface area contributed by atoms with E-state index in [9.17, 15) is 0 Å². The number of benzene rings is 1. The van der Waals surface area contributed by atoms with E-state index in [0.29, 0.717) is 11.6 Å². The second-order valence-corrected chi connectivity index (χ2v) is 5.32. The Balaban J connectivity index is 1.96. The van der Waals surface area contributed by atoms with Gasteiger partial charge in [0.05, 0.1) is 6.04 Å². The minimum absolute atomic E-state index is 0.211. The highest BCUT2D eigenvalue weighted by molar-refractivity contribution is 7.11. The van der Waals surface area contributed by atoms with Crippen molar-refractivity contribution in [3.63, 3.8) is 0 Å². The van der Waals surface area contributed by atoms with Crippen LogP contribution in [0.15, 0.2) is 24.3 Å². The lowest BCUT2D eigenvalue weighted by molar-refractivity contribution is 0.304. The van der Waals surface area contributed by atoms with Gasteiger partial charge in [0.1, 0.15) is 17.4 Å². The van der Waals surface area contributed by atoms with E-state index in [0.717, 1.165) is 15.8 Å². The van der Waals surface area contributed by atoms with E-state index < -0.39 is 0 Å². The van der Waals surface area contributed by atoms with Crippen LogP contribution in [0.1, 0.15) is 23.0 Å². The molecule has 1 unspecified atom stereocenters. The van der Waals surface area contributed by atoms with Crippen LogP contribution in [0.2, 0.25) is 5.02 Å². The van der Waals surface area contributed by atoms with Crippen LogP contribution in [0, 0.1) is 0 Å². The van der Waals surface area contributed by atoms with Gasteiger partial charge >= 0.3 is 0 Å². The lowest BCUT2D eigenvalue weighted by atomic mass is 10.3. The standard InChI is InChI=1S/C12H14ClN3OS/c1-8(14-2)12-16-15-11(18-12)7-17-10-5-3-4-9(13)6-10/h3-6,8,14H,7H2,1-2H3. The Morgan fingerprint density at radius 2 is 2.28 bits per heavy atom. The summed E-state index contributed by atoms with van der Waals surface area (Å²) in [6.07, 6.45) is 0. The summed E-state index contributed by atoms with van der Waals surface area (Å²) < 4.78 is 5.60. The molecule has 0 amide bonds. The maximum absolute atomic E-state index is 5.88. The van der Waals surface area contributed by atoms with Crippen LogP contribution >= 0.6 is 22.9 Å². The predicted octanol–water partition coefficient (Wildman–Crippen LogP) is 3.05. The van der Waals surface area contributed by atoms with Gasteiger partial charge in [0.2, 0.25) is 0 Å². The molecule has 0 aliphatic rings. The molecule has 4 nitrogen and oxygen atoms in total. The molecular formula is C12H14ClN3OS. The monoisotopic (exact) mass is 283 g/mol. The lowest BCUT2D eigenvalue weighted by Crippen LogP contribution is -2.11. The molecular weight excluding hydrogens is 270 g/mol. The Hall–Kier alpha value is -1.17. The number of ether oxygens (including phenoxy) is 1. The van der Waals surface area contributed by atoms with Crippen LogP contribution in [-0.4, -0.2) is 17.2 Å². The number of aromatic nitrogens is 2. The molecule has 1 N–H and O–H groups in total. The van der Waals surface area contributed by atoms with Crippen molar-refractivity contribution in [1.82, 2.24) is 15.5 Å². The first-order valence-corrected chi connectivity index (χ1v) is 6.76. The molecule has 18 heavy (non-hydrogen) atoms. The van der Waals surface area contributed by atoms with Crippen molar-refractivity contribution in [2.75, 3.05) is 7.05 Å². The highest BCUT2D eigenvalue weighted by Crippen LogP contribution is 2.21. The van der Waals surface area contributed by atoms with E-state index >= 15 is 0 Å². The molecule has 1 atom stereocenters. The van der Waals surface area contributed by atoms with Crippen molar-refractivity contribution < 1.29 is 4.74 Å². The minimum atomic E-state index is 0.211. The van der Waals surface area contributed by atoms with E-state index in [1.54, 1.807) is 17.4 Å². The van der Waals surface area contributed by atoms with Gasteiger partial charge in [-0.3, -0.25) is 0 Å². The van der Waals surface area contributed by atoms with Gasteiger partial charge in [-0.05, 0) is 32.2 Å². The van der Waals surface area contributed by atoms with Crippen molar-refractivity contribution in [3.8, 4) is 5.75 Å². The Bertz CT molecular complexity index is 518. The molecule has 1 aromatic carbocycles. The van der Waals surface area contributed by atoms with Crippen molar-refractivity contribution in [3.05, 3.63) is 39.3 Å². The molecule has 96 valence electrons. The zero-order valence-electron chi connectivity index (χ0n) is 10.2. The zero-order valence-corrected chi connectivity index (χ0v) is 11.8. The summed E-state index contributed by atoms with van der Waals surface area (Å²) in [6.45, 7) is 2.45.